The van der Waals surface area contributed by atoms with Crippen LogP contribution in [-0.2, 0) is 5.75 Å². The van der Waals surface area contributed by atoms with E-state index in [1.807, 2.05) is 30.0 Å². The van der Waals surface area contributed by atoms with E-state index in [0.29, 0.717) is 6.04 Å². The Morgan fingerprint density at radius 2 is 1.95 bits per heavy atom. The first kappa shape index (κ1) is 16.4. The van der Waals surface area contributed by atoms with Crippen LogP contribution in [0.15, 0.2) is 53.4 Å². The highest BCUT2D eigenvalue weighted by Crippen LogP contribution is 2.26. The second kappa shape index (κ2) is 8.47. The zero-order valence-electron chi connectivity index (χ0n) is 12.6. The normalized spacial score (nSPS) is 12.3. The zero-order chi connectivity index (χ0) is 15.1. The molecule has 0 aromatic heterocycles. The summed E-state index contributed by atoms with van der Waals surface area (Å²) in [5.74, 6) is 0.945. The molecule has 0 fully saturated rings. The average Bonchev–Trinajstić information content (AvgIpc) is 2.51. The lowest BCUT2D eigenvalue weighted by Crippen LogP contribution is -2.19. The Balaban J connectivity index is 1.97. The number of benzene rings is 2. The average molecular weight is 320 g/mol. The Hall–Kier alpha value is -0.960. The van der Waals surface area contributed by atoms with Crippen LogP contribution >= 0.6 is 23.4 Å². The van der Waals surface area contributed by atoms with Gasteiger partial charge in [-0.25, -0.2) is 0 Å². The fourth-order valence-electron chi connectivity index (χ4n) is 2.15. The maximum absolute atomic E-state index is 6.02. The Kier molecular flexibility index (Phi) is 6.62. The van der Waals surface area contributed by atoms with Gasteiger partial charge < -0.3 is 5.32 Å². The smallest absolute Gasteiger partial charge is 0.0409 e. The molecule has 2 aromatic rings. The van der Waals surface area contributed by atoms with Gasteiger partial charge in [0.2, 0.25) is 0 Å². The molecule has 0 spiro atoms. The first-order valence-electron chi connectivity index (χ1n) is 7.39. The minimum absolute atomic E-state index is 0.400. The molecular formula is C18H22ClNS. The summed E-state index contributed by atoms with van der Waals surface area (Å²) in [7, 11) is 0. The van der Waals surface area contributed by atoms with Crippen molar-refractivity contribution in [1.29, 1.82) is 0 Å². The maximum Gasteiger partial charge on any atom is 0.0409 e. The molecule has 0 aliphatic carbocycles. The second-order valence-corrected chi connectivity index (χ2v) is 6.65. The fraction of sp³-hybridized carbons (Fsp3) is 0.333. The highest BCUT2D eigenvalue weighted by atomic mass is 35.5. The molecule has 0 saturated carbocycles. The number of halogens is 1. The molecule has 3 heteroatoms. The summed E-state index contributed by atoms with van der Waals surface area (Å²) in [6.45, 7) is 5.47. The highest BCUT2D eigenvalue weighted by Gasteiger charge is 2.05. The van der Waals surface area contributed by atoms with Gasteiger partial charge in [0.25, 0.3) is 0 Å². The van der Waals surface area contributed by atoms with Gasteiger partial charge >= 0.3 is 0 Å². The van der Waals surface area contributed by atoms with E-state index in [4.69, 9.17) is 11.6 Å². The van der Waals surface area contributed by atoms with E-state index in [2.05, 4.69) is 49.5 Å². The lowest BCUT2D eigenvalue weighted by Gasteiger charge is -2.14. The van der Waals surface area contributed by atoms with Crippen LogP contribution in [0.1, 0.15) is 37.4 Å². The predicted octanol–water partition coefficient (Wildman–Crippen LogP) is 5.69. The SMILES string of the molecule is CCCNC(C)c1cccc(SCc2cccc(Cl)c2)c1. The van der Waals surface area contributed by atoms with Crippen LogP contribution in [0.25, 0.3) is 0 Å². The minimum atomic E-state index is 0.400. The lowest BCUT2D eigenvalue weighted by atomic mass is 10.1. The molecule has 2 aromatic carbocycles. The summed E-state index contributed by atoms with van der Waals surface area (Å²) in [6, 6.07) is 17.3. The van der Waals surface area contributed by atoms with Crippen LogP contribution < -0.4 is 5.32 Å². The third kappa shape index (κ3) is 5.39. The van der Waals surface area contributed by atoms with E-state index < -0.39 is 0 Å². The summed E-state index contributed by atoms with van der Waals surface area (Å²) in [6.07, 6.45) is 1.16. The molecule has 2 rings (SSSR count). The number of nitrogens with one attached hydrogen (secondary N) is 1. The standard InChI is InChI=1S/C18H22ClNS/c1-3-10-20-14(2)16-7-5-9-18(12-16)21-13-15-6-4-8-17(19)11-15/h4-9,11-12,14,20H,3,10,13H2,1-2H3. The summed E-state index contributed by atoms with van der Waals surface area (Å²) >= 11 is 7.88. The van der Waals surface area contributed by atoms with E-state index in [1.54, 1.807) is 0 Å². The molecule has 0 radical (unpaired) electrons. The number of hydrogen-bond acceptors (Lipinski definition) is 2. The molecule has 0 bridgehead atoms. The van der Waals surface area contributed by atoms with Gasteiger partial charge in [0.05, 0.1) is 0 Å². The highest BCUT2D eigenvalue weighted by molar-refractivity contribution is 7.98. The molecule has 0 saturated heterocycles. The molecule has 112 valence electrons. The fourth-order valence-corrected chi connectivity index (χ4v) is 3.27. The van der Waals surface area contributed by atoms with E-state index in [9.17, 15) is 0 Å². The number of rotatable bonds is 7. The maximum atomic E-state index is 6.02. The van der Waals surface area contributed by atoms with E-state index >= 15 is 0 Å². The Labute approximate surface area is 137 Å². The summed E-state index contributed by atoms with van der Waals surface area (Å²) in [4.78, 5) is 1.30. The van der Waals surface area contributed by atoms with Gasteiger partial charge in [0, 0.05) is 21.7 Å². The molecule has 1 unspecified atom stereocenters. The second-order valence-electron chi connectivity index (χ2n) is 5.17. The third-order valence-electron chi connectivity index (χ3n) is 3.35. The first-order chi connectivity index (χ1) is 10.2. The van der Waals surface area contributed by atoms with Gasteiger partial charge in [0.1, 0.15) is 0 Å². The van der Waals surface area contributed by atoms with Crippen molar-refractivity contribution in [3.8, 4) is 0 Å². The van der Waals surface area contributed by atoms with Crippen LogP contribution in [0.5, 0.6) is 0 Å². The molecule has 0 amide bonds. The van der Waals surface area contributed by atoms with Gasteiger partial charge in [0.15, 0.2) is 0 Å². The largest absolute Gasteiger partial charge is 0.310 e. The predicted molar refractivity (Wildman–Crippen MR) is 94.2 cm³/mol. The van der Waals surface area contributed by atoms with Crippen LogP contribution in [-0.4, -0.2) is 6.54 Å². The molecule has 1 nitrogen and oxygen atoms in total. The summed E-state index contributed by atoms with van der Waals surface area (Å²) < 4.78 is 0. The van der Waals surface area contributed by atoms with Gasteiger partial charge in [-0.3, -0.25) is 0 Å². The Bertz CT molecular complexity index is 571. The van der Waals surface area contributed by atoms with Crippen LogP contribution in [0, 0.1) is 0 Å². The van der Waals surface area contributed by atoms with E-state index in [-0.39, 0.29) is 0 Å². The van der Waals surface area contributed by atoms with Crippen molar-refractivity contribution < 1.29 is 0 Å². The van der Waals surface area contributed by atoms with Crippen molar-refractivity contribution in [1.82, 2.24) is 5.32 Å². The van der Waals surface area contributed by atoms with Crippen molar-refractivity contribution in [2.75, 3.05) is 6.54 Å². The molecule has 21 heavy (non-hydrogen) atoms. The first-order valence-corrected chi connectivity index (χ1v) is 8.76. The zero-order valence-corrected chi connectivity index (χ0v) is 14.2. The monoisotopic (exact) mass is 319 g/mol. The van der Waals surface area contributed by atoms with Gasteiger partial charge in [-0.15, -0.1) is 11.8 Å². The number of thioether (sulfide) groups is 1. The van der Waals surface area contributed by atoms with Crippen LogP contribution in [0.2, 0.25) is 5.02 Å². The molecule has 0 heterocycles. The van der Waals surface area contributed by atoms with Gasteiger partial charge in [-0.2, -0.15) is 0 Å². The van der Waals surface area contributed by atoms with Gasteiger partial charge in [-0.1, -0.05) is 42.8 Å². The molecular weight excluding hydrogens is 298 g/mol. The molecule has 1 N–H and O–H groups in total. The van der Waals surface area contributed by atoms with E-state index in [1.165, 1.54) is 16.0 Å². The Morgan fingerprint density at radius 1 is 1.14 bits per heavy atom. The quantitative estimate of drug-likeness (QED) is 0.658. The van der Waals surface area contributed by atoms with Crippen LogP contribution in [0.3, 0.4) is 0 Å². The minimum Gasteiger partial charge on any atom is -0.310 e. The summed E-state index contributed by atoms with van der Waals surface area (Å²) in [5.41, 5.74) is 2.61. The molecule has 1 atom stereocenters. The molecule has 0 aliphatic heterocycles. The number of hydrogen-bond donors (Lipinski definition) is 1. The third-order valence-corrected chi connectivity index (χ3v) is 4.65. The van der Waals surface area contributed by atoms with Crippen molar-refractivity contribution >= 4 is 23.4 Å². The molecule has 0 aliphatic rings. The Morgan fingerprint density at radius 3 is 2.71 bits per heavy atom. The topological polar surface area (TPSA) is 12.0 Å². The van der Waals surface area contributed by atoms with Crippen molar-refractivity contribution in [2.24, 2.45) is 0 Å². The van der Waals surface area contributed by atoms with Crippen molar-refractivity contribution in [2.45, 2.75) is 37.0 Å². The van der Waals surface area contributed by atoms with Gasteiger partial charge in [-0.05, 0) is 55.3 Å². The van der Waals surface area contributed by atoms with Crippen molar-refractivity contribution in [3.05, 3.63) is 64.7 Å². The lowest BCUT2D eigenvalue weighted by molar-refractivity contribution is 0.570. The van der Waals surface area contributed by atoms with E-state index in [0.717, 1.165) is 23.7 Å². The summed E-state index contributed by atoms with van der Waals surface area (Å²) in [5, 5.41) is 4.34. The van der Waals surface area contributed by atoms with Crippen molar-refractivity contribution in [3.63, 3.8) is 0 Å². The van der Waals surface area contributed by atoms with Crippen LogP contribution in [0.4, 0.5) is 0 Å².